The molecule has 1 atom stereocenters. The first kappa shape index (κ1) is 22.0. The molecule has 0 saturated heterocycles. The number of hydrogen-bond donors (Lipinski definition) is 1. The molecule has 28 heavy (non-hydrogen) atoms. The molecule has 154 valence electrons. The lowest BCUT2D eigenvalue weighted by Gasteiger charge is -2.24. The van der Waals surface area contributed by atoms with Crippen molar-refractivity contribution in [2.75, 3.05) is 19.0 Å². The fourth-order valence-corrected chi connectivity index (χ4v) is 3.29. The molecule has 6 nitrogen and oxygen atoms in total. The number of aryl methyl sites for hydroxylation is 2. The Hall–Kier alpha value is -2.26. The highest BCUT2D eigenvalue weighted by atomic mass is 32.1. The van der Waals surface area contributed by atoms with E-state index in [9.17, 15) is 13.6 Å². The number of amides is 1. The van der Waals surface area contributed by atoms with E-state index in [4.69, 9.17) is 4.74 Å². The number of carbonyl (C=O) groups excluding carboxylic acids is 1. The van der Waals surface area contributed by atoms with E-state index in [1.807, 2.05) is 25.8 Å². The summed E-state index contributed by atoms with van der Waals surface area (Å²) in [6.07, 6.45) is 0. The molecule has 0 aliphatic carbocycles. The highest BCUT2D eigenvalue weighted by Gasteiger charge is 2.20. The Bertz CT molecular complexity index is 794. The Kier molecular flexibility index (Phi) is 7.70. The summed E-state index contributed by atoms with van der Waals surface area (Å²) in [6, 6.07) is 4.36. The molecule has 1 amide bonds. The van der Waals surface area contributed by atoms with Crippen LogP contribution in [0.5, 0.6) is 11.5 Å². The minimum absolute atomic E-state index is 0.0106. The monoisotopic (exact) mass is 413 g/mol. The van der Waals surface area contributed by atoms with Gasteiger partial charge in [0.05, 0.1) is 18.3 Å². The van der Waals surface area contributed by atoms with Gasteiger partial charge in [-0.2, -0.15) is 8.78 Å². The van der Waals surface area contributed by atoms with Gasteiger partial charge in [-0.05, 0) is 52.4 Å². The Morgan fingerprint density at radius 2 is 2.04 bits per heavy atom. The molecule has 0 spiro atoms. The number of nitrogens with zero attached hydrogens (tertiary/aromatic N) is 2. The number of likely N-dealkylation sites (N-methyl/N-ethyl adjacent to an activating group) is 1. The molecular formula is C19H25F2N3O3S. The summed E-state index contributed by atoms with van der Waals surface area (Å²) in [5.41, 5.74) is 1.71. The minimum atomic E-state index is -2.92. The van der Waals surface area contributed by atoms with E-state index < -0.39 is 12.7 Å². The van der Waals surface area contributed by atoms with Crippen LogP contribution >= 0.6 is 11.3 Å². The van der Waals surface area contributed by atoms with Crippen molar-refractivity contribution in [1.82, 2.24) is 9.88 Å². The van der Waals surface area contributed by atoms with Crippen LogP contribution in [0.4, 0.5) is 13.9 Å². The molecular weight excluding hydrogens is 388 g/mol. The molecule has 1 N–H and O–H groups in total. The largest absolute Gasteiger partial charge is 0.490 e. The second-order valence-corrected chi connectivity index (χ2v) is 7.54. The summed E-state index contributed by atoms with van der Waals surface area (Å²) >= 11 is 1.44. The number of benzene rings is 1. The quantitative estimate of drug-likeness (QED) is 0.667. The van der Waals surface area contributed by atoms with Crippen molar-refractivity contribution in [3.8, 4) is 11.5 Å². The van der Waals surface area contributed by atoms with E-state index >= 15 is 0 Å². The third-order valence-corrected chi connectivity index (χ3v) is 5.24. The Morgan fingerprint density at radius 3 is 2.61 bits per heavy atom. The summed E-state index contributed by atoms with van der Waals surface area (Å²) in [5, 5.41) is 3.41. The highest BCUT2D eigenvalue weighted by Crippen LogP contribution is 2.30. The third kappa shape index (κ3) is 5.87. The van der Waals surface area contributed by atoms with Crippen LogP contribution in [0.1, 0.15) is 30.0 Å². The lowest BCUT2D eigenvalue weighted by molar-refractivity contribution is -0.120. The van der Waals surface area contributed by atoms with Gasteiger partial charge >= 0.3 is 6.61 Å². The second-order valence-electron chi connectivity index (χ2n) is 6.33. The van der Waals surface area contributed by atoms with Crippen LogP contribution in [0.3, 0.4) is 0 Å². The summed E-state index contributed by atoms with van der Waals surface area (Å²) in [6.45, 7) is 5.24. The topological polar surface area (TPSA) is 63.7 Å². The molecule has 1 heterocycles. The normalized spacial score (nSPS) is 12.3. The lowest BCUT2D eigenvalue weighted by Crippen LogP contribution is -2.39. The number of halogens is 2. The maximum atomic E-state index is 12.5. The molecule has 0 radical (unpaired) electrons. The van der Waals surface area contributed by atoms with Gasteiger partial charge < -0.3 is 14.8 Å². The van der Waals surface area contributed by atoms with Crippen LogP contribution in [-0.2, 0) is 11.3 Å². The lowest BCUT2D eigenvalue weighted by atomic mass is 10.1. The molecule has 0 bridgehead atoms. The van der Waals surface area contributed by atoms with Gasteiger partial charge in [-0.15, -0.1) is 11.3 Å². The molecule has 0 saturated carbocycles. The Labute approximate surface area is 167 Å². The minimum Gasteiger partial charge on any atom is -0.490 e. The number of rotatable bonds is 9. The first-order valence-electron chi connectivity index (χ1n) is 8.87. The maximum absolute atomic E-state index is 12.5. The van der Waals surface area contributed by atoms with Crippen molar-refractivity contribution in [2.24, 2.45) is 0 Å². The molecule has 9 heteroatoms. The molecule has 1 aromatic heterocycles. The van der Waals surface area contributed by atoms with Crippen molar-refractivity contribution in [2.45, 2.75) is 46.9 Å². The van der Waals surface area contributed by atoms with Gasteiger partial charge in [0.1, 0.15) is 0 Å². The number of carbonyl (C=O) groups is 1. The van der Waals surface area contributed by atoms with Crippen molar-refractivity contribution in [3.63, 3.8) is 0 Å². The fourth-order valence-electron chi connectivity index (χ4n) is 2.47. The molecule has 2 aromatic rings. The number of hydrogen-bond acceptors (Lipinski definition) is 6. The van der Waals surface area contributed by atoms with Crippen LogP contribution in [-0.4, -0.2) is 42.1 Å². The zero-order valence-electron chi connectivity index (χ0n) is 16.6. The fraction of sp³-hybridized carbons (Fsp3) is 0.474. The van der Waals surface area contributed by atoms with Gasteiger partial charge in [-0.25, -0.2) is 4.98 Å². The van der Waals surface area contributed by atoms with Crippen LogP contribution in [0.2, 0.25) is 0 Å². The standard InChI is InChI=1S/C19H25F2N3O3S/c1-6-26-16-9-14(7-8-15(16)27-18(20)21)10-24(5)12(3)17(25)23-19-22-11(2)13(4)28-19/h7-9,12,18H,6,10H2,1-5H3,(H,22,23,25). The summed E-state index contributed by atoms with van der Waals surface area (Å²) in [7, 11) is 1.81. The maximum Gasteiger partial charge on any atom is 0.387 e. The van der Waals surface area contributed by atoms with E-state index in [1.54, 1.807) is 26.0 Å². The molecule has 0 aliphatic heterocycles. The zero-order valence-corrected chi connectivity index (χ0v) is 17.4. The SMILES string of the molecule is CCOc1cc(CN(C)C(C)C(=O)Nc2nc(C)c(C)s2)ccc1OC(F)F. The number of aromatic nitrogens is 1. The summed E-state index contributed by atoms with van der Waals surface area (Å²) < 4.78 is 34.9. The van der Waals surface area contributed by atoms with Crippen molar-refractivity contribution in [1.29, 1.82) is 0 Å². The summed E-state index contributed by atoms with van der Waals surface area (Å²) in [4.78, 5) is 19.7. The van der Waals surface area contributed by atoms with Gasteiger partial charge in [-0.3, -0.25) is 9.69 Å². The molecule has 1 unspecified atom stereocenters. The first-order valence-corrected chi connectivity index (χ1v) is 9.68. The number of nitrogens with one attached hydrogen (secondary N) is 1. The Balaban J connectivity index is 2.04. The van der Waals surface area contributed by atoms with Gasteiger partial charge in [0.15, 0.2) is 16.6 Å². The highest BCUT2D eigenvalue weighted by molar-refractivity contribution is 7.15. The van der Waals surface area contributed by atoms with Crippen LogP contribution in [0.15, 0.2) is 18.2 Å². The molecule has 0 aliphatic rings. The van der Waals surface area contributed by atoms with Gasteiger partial charge in [0.25, 0.3) is 0 Å². The number of alkyl halides is 2. The van der Waals surface area contributed by atoms with Crippen molar-refractivity contribution in [3.05, 3.63) is 34.3 Å². The predicted molar refractivity (Wildman–Crippen MR) is 105 cm³/mol. The molecule has 2 rings (SSSR count). The van der Waals surface area contributed by atoms with Crippen LogP contribution < -0.4 is 14.8 Å². The first-order chi connectivity index (χ1) is 13.2. The second kappa shape index (κ2) is 9.79. The number of ether oxygens (including phenoxy) is 2. The van der Waals surface area contributed by atoms with E-state index in [2.05, 4.69) is 15.0 Å². The Morgan fingerprint density at radius 1 is 1.32 bits per heavy atom. The van der Waals surface area contributed by atoms with E-state index in [-0.39, 0.29) is 17.4 Å². The van der Waals surface area contributed by atoms with Crippen molar-refractivity contribution >= 4 is 22.4 Å². The van der Waals surface area contributed by atoms with Crippen molar-refractivity contribution < 1.29 is 23.0 Å². The van der Waals surface area contributed by atoms with E-state index in [1.165, 1.54) is 17.4 Å². The summed E-state index contributed by atoms with van der Waals surface area (Å²) in [5.74, 6) is 0.0713. The van der Waals surface area contributed by atoms with E-state index in [0.29, 0.717) is 18.3 Å². The predicted octanol–water partition coefficient (Wildman–Crippen LogP) is 4.22. The van der Waals surface area contributed by atoms with Gasteiger partial charge in [0.2, 0.25) is 5.91 Å². The number of anilines is 1. The van der Waals surface area contributed by atoms with E-state index in [0.717, 1.165) is 16.1 Å². The zero-order chi connectivity index (χ0) is 20.8. The molecule has 1 aromatic carbocycles. The van der Waals surface area contributed by atoms with Crippen LogP contribution in [0, 0.1) is 13.8 Å². The van der Waals surface area contributed by atoms with Gasteiger partial charge in [0, 0.05) is 11.4 Å². The smallest absolute Gasteiger partial charge is 0.387 e. The van der Waals surface area contributed by atoms with Gasteiger partial charge in [-0.1, -0.05) is 6.07 Å². The average molecular weight is 413 g/mol. The third-order valence-electron chi connectivity index (χ3n) is 4.26. The average Bonchev–Trinajstić information content (AvgIpc) is 2.93. The van der Waals surface area contributed by atoms with Crippen LogP contribution in [0.25, 0.3) is 0 Å². The molecule has 0 fully saturated rings. The number of thiazole rings is 1.